The molecule has 5 rings (SSSR count). The van der Waals surface area contributed by atoms with Gasteiger partial charge in [-0.25, -0.2) is 13.4 Å². The molecule has 8 nitrogen and oxygen atoms in total. The Kier molecular flexibility index (Phi) is 4.79. The van der Waals surface area contributed by atoms with Crippen molar-refractivity contribution in [3.63, 3.8) is 0 Å². The van der Waals surface area contributed by atoms with Crippen molar-refractivity contribution in [1.29, 1.82) is 0 Å². The van der Waals surface area contributed by atoms with Crippen molar-refractivity contribution in [2.75, 3.05) is 18.4 Å². The Hall–Kier alpha value is -3.17. The SMILES string of the molecule is Cn1cnc(S(=O)(=O)N2C[C@H](Nc3cccc4c3CNC4=O)[C@@H](c3ccccc3)C2)c1. The van der Waals surface area contributed by atoms with Gasteiger partial charge in [0.2, 0.25) is 0 Å². The van der Waals surface area contributed by atoms with E-state index in [1.165, 1.54) is 16.8 Å². The van der Waals surface area contributed by atoms with Gasteiger partial charge >= 0.3 is 0 Å². The Morgan fingerprint density at radius 1 is 1.10 bits per heavy atom. The molecule has 2 aromatic carbocycles. The molecule has 9 heteroatoms. The molecule has 0 radical (unpaired) electrons. The minimum atomic E-state index is -3.71. The third kappa shape index (κ3) is 3.49. The van der Waals surface area contributed by atoms with E-state index in [2.05, 4.69) is 15.6 Å². The van der Waals surface area contributed by atoms with Crippen molar-refractivity contribution in [1.82, 2.24) is 19.2 Å². The Labute approximate surface area is 181 Å². The first-order valence-corrected chi connectivity index (χ1v) is 11.6. The Bertz CT molecular complexity index is 1240. The molecule has 3 aromatic rings. The van der Waals surface area contributed by atoms with E-state index >= 15 is 0 Å². The number of carbonyl (C=O) groups is 1. The van der Waals surface area contributed by atoms with Crippen LogP contribution in [-0.2, 0) is 23.6 Å². The highest BCUT2D eigenvalue weighted by molar-refractivity contribution is 7.89. The zero-order valence-corrected chi connectivity index (χ0v) is 17.8. The van der Waals surface area contributed by atoms with Gasteiger partial charge in [-0.05, 0) is 17.7 Å². The molecule has 1 aromatic heterocycles. The smallest absolute Gasteiger partial charge is 0.262 e. The molecule has 2 aliphatic rings. The largest absolute Gasteiger partial charge is 0.380 e. The average molecular weight is 438 g/mol. The van der Waals surface area contributed by atoms with E-state index in [0.29, 0.717) is 25.2 Å². The van der Waals surface area contributed by atoms with Crippen molar-refractivity contribution >= 4 is 21.6 Å². The molecule has 3 heterocycles. The predicted octanol–water partition coefficient (Wildman–Crippen LogP) is 1.93. The number of rotatable bonds is 5. The van der Waals surface area contributed by atoms with Gasteiger partial charge in [0.15, 0.2) is 5.03 Å². The lowest BCUT2D eigenvalue weighted by Crippen LogP contribution is -2.32. The molecule has 31 heavy (non-hydrogen) atoms. The van der Waals surface area contributed by atoms with Gasteiger partial charge in [-0.15, -0.1) is 0 Å². The number of aromatic nitrogens is 2. The Balaban J connectivity index is 1.48. The van der Waals surface area contributed by atoms with E-state index in [1.54, 1.807) is 11.6 Å². The Morgan fingerprint density at radius 3 is 2.65 bits per heavy atom. The summed E-state index contributed by atoms with van der Waals surface area (Å²) in [5, 5.41) is 6.45. The third-order valence-electron chi connectivity index (χ3n) is 5.99. The van der Waals surface area contributed by atoms with E-state index in [1.807, 2.05) is 48.5 Å². The van der Waals surface area contributed by atoms with Crippen molar-refractivity contribution in [3.8, 4) is 0 Å². The quantitative estimate of drug-likeness (QED) is 0.636. The Morgan fingerprint density at radius 2 is 1.90 bits per heavy atom. The zero-order chi connectivity index (χ0) is 21.6. The summed E-state index contributed by atoms with van der Waals surface area (Å²) in [6.45, 7) is 1.13. The molecule has 0 unspecified atom stereocenters. The van der Waals surface area contributed by atoms with Crippen molar-refractivity contribution < 1.29 is 13.2 Å². The van der Waals surface area contributed by atoms with Crippen LogP contribution >= 0.6 is 0 Å². The van der Waals surface area contributed by atoms with Crippen molar-refractivity contribution in [2.24, 2.45) is 7.05 Å². The van der Waals surface area contributed by atoms with Gasteiger partial charge in [0.05, 0.1) is 6.33 Å². The van der Waals surface area contributed by atoms with E-state index in [4.69, 9.17) is 0 Å². The summed E-state index contributed by atoms with van der Waals surface area (Å²) in [6, 6.07) is 15.4. The van der Waals surface area contributed by atoms with E-state index in [0.717, 1.165) is 16.8 Å². The van der Waals surface area contributed by atoms with Crippen LogP contribution in [0.4, 0.5) is 5.69 Å². The highest BCUT2D eigenvalue weighted by atomic mass is 32.2. The molecule has 2 aliphatic heterocycles. The molecule has 0 bridgehead atoms. The fourth-order valence-electron chi connectivity index (χ4n) is 4.39. The molecule has 0 spiro atoms. The third-order valence-corrected chi connectivity index (χ3v) is 7.70. The van der Waals surface area contributed by atoms with Gasteiger partial charge < -0.3 is 15.2 Å². The van der Waals surface area contributed by atoms with Gasteiger partial charge in [0.25, 0.3) is 15.9 Å². The number of anilines is 1. The minimum Gasteiger partial charge on any atom is -0.380 e. The zero-order valence-electron chi connectivity index (χ0n) is 17.0. The second-order valence-electron chi connectivity index (χ2n) is 7.98. The van der Waals surface area contributed by atoms with Crippen LogP contribution in [-0.4, -0.2) is 47.3 Å². The van der Waals surface area contributed by atoms with Gasteiger partial charge in [-0.3, -0.25) is 4.79 Å². The van der Waals surface area contributed by atoms with E-state index < -0.39 is 10.0 Å². The van der Waals surface area contributed by atoms with E-state index in [-0.39, 0.29) is 22.9 Å². The lowest BCUT2D eigenvalue weighted by Gasteiger charge is -2.22. The van der Waals surface area contributed by atoms with Crippen LogP contribution in [0, 0.1) is 0 Å². The van der Waals surface area contributed by atoms with Gasteiger partial charge in [-0.1, -0.05) is 36.4 Å². The second kappa shape index (κ2) is 7.51. The first kappa shape index (κ1) is 19.8. The molecular weight excluding hydrogens is 414 g/mol. The molecule has 1 amide bonds. The molecule has 1 saturated heterocycles. The number of nitrogens with zero attached hydrogens (tertiary/aromatic N) is 3. The fraction of sp³-hybridized carbons (Fsp3) is 0.273. The number of amides is 1. The maximum atomic E-state index is 13.2. The van der Waals surface area contributed by atoms with Crippen LogP contribution in [0.25, 0.3) is 0 Å². The van der Waals surface area contributed by atoms with Gasteiger partial charge in [0, 0.05) is 61.7 Å². The number of imidazole rings is 1. The maximum absolute atomic E-state index is 13.2. The second-order valence-corrected chi connectivity index (χ2v) is 9.87. The highest BCUT2D eigenvalue weighted by Gasteiger charge is 2.41. The van der Waals surface area contributed by atoms with Gasteiger partial charge in [0.1, 0.15) is 0 Å². The van der Waals surface area contributed by atoms with Crippen LogP contribution in [0.15, 0.2) is 66.1 Å². The van der Waals surface area contributed by atoms with Crippen LogP contribution < -0.4 is 10.6 Å². The van der Waals surface area contributed by atoms with Crippen molar-refractivity contribution in [3.05, 3.63) is 77.7 Å². The monoisotopic (exact) mass is 437 g/mol. The molecular formula is C22H23N5O3S. The molecule has 1 fully saturated rings. The minimum absolute atomic E-state index is 0.0411. The fourth-order valence-corrected chi connectivity index (χ4v) is 5.85. The molecule has 160 valence electrons. The summed E-state index contributed by atoms with van der Waals surface area (Å²) in [7, 11) is -1.96. The first-order chi connectivity index (χ1) is 14.9. The van der Waals surface area contributed by atoms with Crippen LogP contribution in [0.1, 0.15) is 27.4 Å². The highest BCUT2D eigenvalue weighted by Crippen LogP contribution is 2.34. The summed E-state index contributed by atoms with van der Waals surface area (Å²) in [5.41, 5.74) is 3.52. The number of hydrogen-bond acceptors (Lipinski definition) is 5. The number of fused-ring (bicyclic) bond motifs is 1. The number of nitrogens with one attached hydrogen (secondary N) is 2. The maximum Gasteiger partial charge on any atom is 0.262 e. The predicted molar refractivity (Wildman–Crippen MR) is 116 cm³/mol. The lowest BCUT2D eigenvalue weighted by molar-refractivity contribution is 0.0965. The number of sulfonamides is 1. The summed E-state index contributed by atoms with van der Waals surface area (Å²) >= 11 is 0. The standard InChI is InChI=1S/C22H23N5O3S/c1-26-13-21(24-14-26)31(29,30)27-11-18(15-6-3-2-4-7-15)20(12-27)25-19-9-5-8-16-17(19)10-23-22(16)28/h2-9,13-14,18,20,25H,10-12H2,1H3,(H,23,28)/t18-,20+/m1/s1. The normalized spacial score (nSPS) is 21.1. The first-order valence-electron chi connectivity index (χ1n) is 10.1. The molecule has 0 saturated carbocycles. The summed E-state index contributed by atoms with van der Waals surface area (Å²) < 4.78 is 29.6. The summed E-state index contributed by atoms with van der Waals surface area (Å²) in [5.74, 6) is -0.121. The number of carbonyl (C=O) groups excluding carboxylic acids is 1. The summed E-state index contributed by atoms with van der Waals surface area (Å²) in [6.07, 6.45) is 3.01. The average Bonchev–Trinajstić information content (AvgIpc) is 3.49. The van der Waals surface area contributed by atoms with Crippen LogP contribution in [0.3, 0.4) is 0 Å². The van der Waals surface area contributed by atoms with Crippen LogP contribution in [0.2, 0.25) is 0 Å². The van der Waals surface area contributed by atoms with Gasteiger partial charge in [-0.2, -0.15) is 4.31 Å². The molecule has 2 atom stereocenters. The topological polar surface area (TPSA) is 96.3 Å². The number of hydrogen-bond donors (Lipinski definition) is 2. The summed E-state index contributed by atoms with van der Waals surface area (Å²) in [4.78, 5) is 16.1. The molecule has 0 aliphatic carbocycles. The number of aryl methyl sites for hydroxylation is 1. The van der Waals surface area contributed by atoms with E-state index in [9.17, 15) is 13.2 Å². The lowest BCUT2D eigenvalue weighted by atomic mass is 9.94. The molecule has 2 N–H and O–H groups in total. The number of benzene rings is 2. The van der Waals surface area contributed by atoms with Crippen LogP contribution in [0.5, 0.6) is 0 Å². The van der Waals surface area contributed by atoms with Crippen molar-refractivity contribution in [2.45, 2.75) is 23.5 Å².